The van der Waals surface area contributed by atoms with Crippen LogP contribution >= 0.6 is 15.9 Å². The second-order valence-corrected chi connectivity index (χ2v) is 5.89. The number of carbonyl (C=O) groups is 1. The van der Waals surface area contributed by atoms with Gasteiger partial charge in [-0.1, -0.05) is 26.0 Å². The summed E-state index contributed by atoms with van der Waals surface area (Å²) < 4.78 is 11.2. The molecule has 1 atom stereocenters. The summed E-state index contributed by atoms with van der Waals surface area (Å²) in [5.41, 5.74) is 1.01. The molecule has 1 aromatic carbocycles. The minimum atomic E-state index is -0.637. The molecule has 0 aliphatic heterocycles. The van der Waals surface area contributed by atoms with Crippen molar-refractivity contribution in [2.24, 2.45) is 5.92 Å². The van der Waals surface area contributed by atoms with Crippen LogP contribution in [0.25, 0.3) is 0 Å². The molecule has 1 unspecified atom stereocenters. The Kier molecular flexibility index (Phi) is 7.02. The zero-order valence-corrected chi connectivity index (χ0v) is 14.0. The number of para-hydroxylation sites is 1. The normalized spacial score (nSPS) is 12.3. The Morgan fingerprint density at radius 3 is 2.65 bits per heavy atom. The summed E-state index contributed by atoms with van der Waals surface area (Å²) in [6, 6.07) is 5.83. The summed E-state index contributed by atoms with van der Waals surface area (Å²) in [6.07, 6.45) is -0.637. The molecule has 0 saturated heterocycles. The van der Waals surface area contributed by atoms with Gasteiger partial charge < -0.3 is 14.8 Å². The van der Waals surface area contributed by atoms with Crippen molar-refractivity contribution in [2.75, 3.05) is 13.7 Å². The molecule has 4 nitrogen and oxygen atoms in total. The van der Waals surface area contributed by atoms with Gasteiger partial charge in [0.25, 0.3) is 0 Å². The maximum atomic E-state index is 11.5. The first-order valence-electron chi connectivity index (χ1n) is 6.68. The molecular weight excluding hydrogens is 322 g/mol. The van der Waals surface area contributed by atoms with Crippen molar-refractivity contribution in [3.63, 3.8) is 0 Å². The SMILES string of the molecule is COC(=O)C(C)Oc1c(Br)cccc1CNCC(C)C. The molecule has 0 saturated carbocycles. The third kappa shape index (κ3) is 5.13. The Balaban J connectivity index is 2.80. The number of ether oxygens (including phenoxy) is 2. The molecule has 0 fully saturated rings. The standard InChI is InChI=1S/C15H22BrNO3/c1-10(2)8-17-9-12-6-5-7-13(16)14(12)20-11(3)15(18)19-4/h5-7,10-11,17H,8-9H2,1-4H3. The number of nitrogens with one attached hydrogen (secondary N) is 1. The highest BCUT2D eigenvalue weighted by Gasteiger charge is 2.18. The van der Waals surface area contributed by atoms with Gasteiger partial charge in [-0.25, -0.2) is 4.79 Å². The van der Waals surface area contributed by atoms with E-state index in [4.69, 9.17) is 4.74 Å². The van der Waals surface area contributed by atoms with E-state index in [9.17, 15) is 4.79 Å². The van der Waals surface area contributed by atoms with Crippen LogP contribution in [0.3, 0.4) is 0 Å². The predicted molar refractivity (Wildman–Crippen MR) is 82.8 cm³/mol. The first-order chi connectivity index (χ1) is 9.45. The number of methoxy groups -OCH3 is 1. The third-order valence-electron chi connectivity index (χ3n) is 2.74. The van der Waals surface area contributed by atoms with Gasteiger partial charge in [0.15, 0.2) is 6.10 Å². The largest absolute Gasteiger partial charge is 0.478 e. The van der Waals surface area contributed by atoms with Crippen molar-refractivity contribution in [1.82, 2.24) is 5.32 Å². The number of benzene rings is 1. The Morgan fingerprint density at radius 1 is 1.35 bits per heavy atom. The number of rotatable bonds is 7. The molecular formula is C15H22BrNO3. The number of halogens is 1. The van der Waals surface area contributed by atoms with Crippen molar-refractivity contribution >= 4 is 21.9 Å². The van der Waals surface area contributed by atoms with Gasteiger partial charge in [0.2, 0.25) is 0 Å². The van der Waals surface area contributed by atoms with Gasteiger partial charge in [-0.2, -0.15) is 0 Å². The smallest absolute Gasteiger partial charge is 0.346 e. The van der Waals surface area contributed by atoms with Crippen LogP contribution in [0.4, 0.5) is 0 Å². The Hall–Kier alpha value is -1.07. The van der Waals surface area contributed by atoms with Gasteiger partial charge in [0.05, 0.1) is 11.6 Å². The van der Waals surface area contributed by atoms with Crippen molar-refractivity contribution in [3.05, 3.63) is 28.2 Å². The number of carbonyl (C=O) groups excluding carboxylic acids is 1. The molecule has 0 spiro atoms. The average Bonchev–Trinajstić information content (AvgIpc) is 2.40. The maximum Gasteiger partial charge on any atom is 0.346 e. The molecule has 112 valence electrons. The van der Waals surface area contributed by atoms with E-state index in [0.717, 1.165) is 16.6 Å². The molecule has 5 heteroatoms. The van der Waals surface area contributed by atoms with Gasteiger partial charge in [-0.05, 0) is 41.4 Å². The number of hydrogen-bond acceptors (Lipinski definition) is 4. The fraction of sp³-hybridized carbons (Fsp3) is 0.533. The van der Waals surface area contributed by atoms with Crippen LogP contribution in [0.5, 0.6) is 5.75 Å². The van der Waals surface area contributed by atoms with E-state index in [1.165, 1.54) is 7.11 Å². The lowest BCUT2D eigenvalue weighted by atomic mass is 10.1. The van der Waals surface area contributed by atoms with Crippen LogP contribution in [0, 0.1) is 5.92 Å². The lowest BCUT2D eigenvalue weighted by Gasteiger charge is -2.18. The van der Waals surface area contributed by atoms with Gasteiger partial charge in [-0.15, -0.1) is 0 Å². The highest BCUT2D eigenvalue weighted by molar-refractivity contribution is 9.10. The predicted octanol–water partition coefficient (Wildman–Crippen LogP) is 3.14. The Labute approximate surface area is 129 Å². The van der Waals surface area contributed by atoms with Crippen LogP contribution in [-0.4, -0.2) is 25.7 Å². The Bertz CT molecular complexity index is 449. The first kappa shape index (κ1) is 17.0. The molecule has 0 aromatic heterocycles. The van der Waals surface area contributed by atoms with Gasteiger partial charge in [-0.3, -0.25) is 0 Å². The van der Waals surface area contributed by atoms with Gasteiger partial charge in [0.1, 0.15) is 5.75 Å². The minimum absolute atomic E-state index is 0.387. The molecule has 1 aromatic rings. The maximum absolute atomic E-state index is 11.5. The average molecular weight is 344 g/mol. The summed E-state index contributed by atoms with van der Waals surface area (Å²) in [6.45, 7) is 7.62. The second-order valence-electron chi connectivity index (χ2n) is 5.04. The van der Waals surface area contributed by atoms with Crippen molar-refractivity contribution in [2.45, 2.75) is 33.4 Å². The summed E-state index contributed by atoms with van der Waals surface area (Å²) in [5.74, 6) is 0.879. The molecule has 0 aliphatic carbocycles. The lowest BCUT2D eigenvalue weighted by Crippen LogP contribution is -2.26. The van der Waals surface area contributed by atoms with Crippen molar-refractivity contribution < 1.29 is 14.3 Å². The van der Waals surface area contributed by atoms with Crippen molar-refractivity contribution in [1.29, 1.82) is 0 Å². The van der Waals surface area contributed by atoms with Crippen LogP contribution in [0.15, 0.2) is 22.7 Å². The van der Waals surface area contributed by atoms with E-state index in [-0.39, 0.29) is 5.97 Å². The Morgan fingerprint density at radius 2 is 2.05 bits per heavy atom. The van der Waals surface area contributed by atoms with Gasteiger partial charge in [0, 0.05) is 12.1 Å². The summed E-state index contributed by atoms with van der Waals surface area (Å²) in [5, 5.41) is 3.37. The summed E-state index contributed by atoms with van der Waals surface area (Å²) in [7, 11) is 1.35. The van der Waals surface area contributed by atoms with Crippen LogP contribution in [-0.2, 0) is 16.1 Å². The van der Waals surface area contributed by atoms with E-state index < -0.39 is 6.10 Å². The molecule has 0 bridgehead atoms. The number of hydrogen-bond donors (Lipinski definition) is 1. The second kappa shape index (κ2) is 8.27. The molecule has 0 amide bonds. The van der Waals surface area contributed by atoms with E-state index in [1.807, 2.05) is 18.2 Å². The van der Waals surface area contributed by atoms with E-state index in [0.29, 0.717) is 18.2 Å². The quantitative estimate of drug-likeness (QED) is 0.772. The van der Waals surface area contributed by atoms with Gasteiger partial charge >= 0.3 is 5.97 Å². The van der Waals surface area contributed by atoms with Crippen LogP contribution in [0.2, 0.25) is 0 Å². The zero-order valence-electron chi connectivity index (χ0n) is 12.4. The molecule has 0 heterocycles. The summed E-state index contributed by atoms with van der Waals surface area (Å²) in [4.78, 5) is 11.5. The monoisotopic (exact) mass is 343 g/mol. The highest BCUT2D eigenvalue weighted by atomic mass is 79.9. The molecule has 0 radical (unpaired) electrons. The highest BCUT2D eigenvalue weighted by Crippen LogP contribution is 2.30. The molecule has 0 aliphatic rings. The van der Waals surface area contributed by atoms with Crippen molar-refractivity contribution in [3.8, 4) is 5.75 Å². The lowest BCUT2D eigenvalue weighted by molar-refractivity contribution is -0.147. The third-order valence-corrected chi connectivity index (χ3v) is 3.37. The topological polar surface area (TPSA) is 47.6 Å². The van der Waals surface area contributed by atoms with E-state index in [2.05, 4.69) is 39.8 Å². The molecule has 20 heavy (non-hydrogen) atoms. The first-order valence-corrected chi connectivity index (χ1v) is 7.47. The van der Waals surface area contributed by atoms with Crippen LogP contribution in [0.1, 0.15) is 26.3 Å². The minimum Gasteiger partial charge on any atom is -0.478 e. The fourth-order valence-electron chi connectivity index (χ4n) is 1.71. The number of esters is 1. The molecule has 1 rings (SSSR count). The zero-order chi connectivity index (χ0) is 15.1. The molecule has 1 N–H and O–H groups in total. The van der Waals surface area contributed by atoms with E-state index in [1.54, 1.807) is 6.92 Å². The van der Waals surface area contributed by atoms with Crippen LogP contribution < -0.4 is 10.1 Å². The fourth-order valence-corrected chi connectivity index (χ4v) is 2.21. The van der Waals surface area contributed by atoms with E-state index >= 15 is 0 Å². The summed E-state index contributed by atoms with van der Waals surface area (Å²) >= 11 is 3.46.